The zero-order valence-electron chi connectivity index (χ0n) is 2.68. The summed E-state index contributed by atoms with van der Waals surface area (Å²) >= 11 is 0. The van der Waals surface area contributed by atoms with Crippen LogP contribution in [0, 0.1) is 0 Å². The maximum Gasteiger partial charge on any atom is 0.264 e. The molecule has 2 radical (unpaired) electrons. The standard InChI is InChI=1S/CH4BN3/c2-5-1(3)4/h(H4,3,4,5). The fourth-order valence-corrected chi connectivity index (χ4v) is 0. The topological polar surface area (TPSA) is 64.4 Å². The molecular formula is CH4BN3. The molecule has 4 N–H and O–H groups in total. The predicted molar refractivity (Wildman–Crippen MR) is 21.6 cm³/mol. The molecule has 0 aliphatic carbocycles. The minimum Gasteiger partial charge on any atom is -0.371 e. The van der Waals surface area contributed by atoms with E-state index in [1.807, 2.05) is 0 Å². The summed E-state index contributed by atoms with van der Waals surface area (Å²) in [4.78, 5) is 2.86. The molecule has 0 heterocycles. The van der Waals surface area contributed by atoms with Crippen LogP contribution in [0.4, 0.5) is 0 Å². The van der Waals surface area contributed by atoms with Gasteiger partial charge in [0.15, 0.2) is 5.96 Å². The van der Waals surface area contributed by atoms with Crippen molar-refractivity contribution in [3.63, 3.8) is 0 Å². The van der Waals surface area contributed by atoms with Gasteiger partial charge in [-0.15, -0.1) is 0 Å². The highest BCUT2D eigenvalue weighted by Gasteiger charge is 1.61. The minimum absolute atomic E-state index is 0.0926. The highest BCUT2D eigenvalue weighted by atomic mass is 14.9. The highest BCUT2D eigenvalue weighted by molar-refractivity contribution is 6.11. The van der Waals surface area contributed by atoms with Gasteiger partial charge in [0.05, 0.1) is 0 Å². The third-order valence-electron chi connectivity index (χ3n) is 0.149. The van der Waals surface area contributed by atoms with E-state index in [1.54, 1.807) is 0 Å². The lowest BCUT2D eigenvalue weighted by molar-refractivity contribution is 1.53. The number of nitrogens with two attached hydrogens (primary N) is 2. The molecule has 0 saturated heterocycles. The summed E-state index contributed by atoms with van der Waals surface area (Å²) in [5, 5.41) is 0. The van der Waals surface area contributed by atoms with Crippen LogP contribution in [0.2, 0.25) is 0 Å². The molecule has 0 amide bonds. The summed E-state index contributed by atoms with van der Waals surface area (Å²) in [7, 11) is 4.51. The van der Waals surface area contributed by atoms with Crippen LogP contribution in [0.3, 0.4) is 0 Å². The molecule has 0 rings (SSSR count). The van der Waals surface area contributed by atoms with Crippen molar-refractivity contribution in [2.24, 2.45) is 16.4 Å². The van der Waals surface area contributed by atoms with E-state index in [9.17, 15) is 0 Å². The van der Waals surface area contributed by atoms with Gasteiger partial charge in [0, 0.05) is 0 Å². The first-order chi connectivity index (χ1) is 2.27. The fraction of sp³-hybridized carbons (Fsp3) is 0. The molecule has 0 saturated carbocycles. The van der Waals surface area contributed by atoms with Gasteiger partial charge in [0.2, 0.25) is 0 Å². The van der Waals surface area contributed by atoms with Crippen LogP contribution in [0.25, 0.3) is 0 Å². The quantitative estimate of drug-likeness (QED) is 0.203. The normalized spacial score (nSPS) is 6.40. The summed E-state index contributed by atoms with van der Waals surface area (Å²) in [6.45, 7) is 0. The minimum atomic E-state index is -0.0926. The van der Waals surface area contributed by atoms with Crippen molar-refractivity contribution in [3.05, 3.63) is 0 Å². The summed E-state index contributed by atoms with van der Waals surface area (Å²) in [6.07, 6.45) is 0. The lowest BCUT2D eigenvalue weighted by atomic mass is 10.5. The molecule has 0 aromatic heterocycles. The third-order valence-corrected chi connectivity index (χ3v) is 0.149. The molecule has 0 atom stereocenters. The second-order valence-electron chi connectivity index (χ2n) is 0.554. The number of hydrogen-bond donors (Lipinski definition) is 2. The molecular weight excluding hydrogens is 64.8 g/mol. The van der Waals surface area contributed by atoms with E-state index in [0.717, 1.165) is 0 Å². The van der Waals surface area contributed by atoms with Crippen molar-refractivity contribution < 1.29 is 0 Å². The average molecular weight is 68.9 g/mol. The van der Waals surface area contributed by atoms with Gasteiger partial charge in [-0.05, 0) is 0 Å². The molecule has 0 aliphatic heterocycles. The molecule has 26 valence electrons. The Bertz CT molecular complexity index is 44.9. The molecule has 0 spiro atoms. The van der Waals surface area contributed by atoms with Gasteiger partial charge in [0.1, 0.15) is 0 Å². The van der Waals surface area contributed by atoms with Gasteiger partial charge in [-0.25, -0.2) is 0 Å². The van der Waals surface area contributed by atoms with E-state index in [-0.39, 0.29) is 5.96 Å². The van der Waals surface area contributed by atoms with E-state index in [0.29, 0.717) is 0 Å². The van der Waals surface area contributed by atoms with Crippen molar-refractivity contribution in [1.29, 1.82) is 0 Å². The van der Waals surface area contributed by atoms with Crippen molar-refractivity contribution in [1.82, 2.24) is 0 Å². The Labute approximate surface area is 31.5 Å². The second-order valence-corrected chi connectivity index (χ2v) is 0.554. The molecule has 4 heteroatoms. The molecule has 0 bridgehead atoms. The predicted octanol–water partition coefficient (Wildman–Crippen LogP) is -1.66. The Balaban J connectivity index is 3.14. The zero-order valence-corrected chi connectivity index (χ0v) is 2.68. The van der Waals surface area contributed by atoms with Crippen LogP contribution >= 0.6 is 0 Å². The van der Waals surface area contributed by atoms with Crippen LogP contribution < -0.4 is 11.5 Å². The van der Waals surface area contributed by atoms with Crippen LogP contribution in [-0.4, -0.2) is 13.9 Å². The molecule has 0 aliphatic rings. The molecule has 3 nitrogen and oxygen atoms in total. The Kier molecular flexibility index (Phi) is 1.42. The van der Waals surface area contributed by atoms with E-state index in [1.165, 1.54) is 0 Å². The van der Waals surface area contributed by atoms with Crippen molar-refractivity contribution >= 4 is 13.9 Å². The molecule has 0 aromatic rings. The Morgan fingerprint density at radius 2 is 1.80 bits per heavy atom. The largest absolute Gasteiger partial charge is 0.371 e. The first-order valence-corrected chi connectivity index (χ1v) is 1.06. The molecule has 0 fully saturated rings. The maximum atomic E-state index is 4.69. The monoisotopic (exact) mass is 69.0 g/mol. The number of hydrogen-bond acceptors (Lipinski definition) is 1. The summed E-state index contributed by atoms with van der Waals surface area (Å²) in [5.74, 6) is -0.0926. The van der Waals surface area contributed by atoms with E-state index in [2.05, 4.69) is 12.9 Å². The Hall–Kier alpha value is -0.665. The first-order valence-electron chi connectivity index (χ1n) is 1.06. The molecule has 5 heavy (non-hydrogen) atoms. The van der Waals surface area contributed by atoms with Gasteiger partial charge in [-0.2, -0.15) is 0 Å². The van der Waals surface area contributed by atoms with Crippen molar-refractivity contribution in [2.45, 2.75) is 0 Å². The number of guanidine groups is 1. The van der Waals surface area contributed by atoms with Crippen molar-refractivity contribution in [2.75, 3.05) is 0 Å². The van der Waals surface area contributed by atoms with Gasteiger partial charge in [0.25, 0.3) is 7.98 Å². The summed E-state index contributed by atoms with van der Waals surface area (Å²) < 4.78 is 0. The lowest BCUT2D eigenvalue weighted by Gasteiger charge is -1.77. The van der Waals surface area contributed by atoms with Crippen LogP contribution in [0.5, 0.6) is 0 Å². The van der Waals surface area contributed by atoms with E-state index < -0.39 is 0 Å². The molecule has 0 unspecified atom stereocenters. The molecule has 0 aromatic carbocycles. The second kappa shape index (κ2) is 1.63. The summed E-state index contributed by atoms with van der Waals surface area (Å²) in [6, 6.07) is 0. The van der Waals surface area contributed by atoms with Gasteiger partial charge >= 0.3 is 0 Å². The van der Waals surface area contributed by atoms with E-state index >= 15 is 0 Å². The van der Waals surface area contributed by atoms with Gasteiger partial charge in [-0.1, -0.05) is 0 Å². The van der Waals surface area contributed by atoms with Gasteiger partial charge < -0.3 is 16.4 Å². The fourth-order valence-electron chi connectivity index (χ4n) is 0. The highest BCUT2D eigenvalue weighted by Crippen LogP contribution is 1.37. The number of rotatable bonds is 0. The number of nitrogens with zero attached hydrogens (tertiary/aromatic N) is 1. The van der Waals surface area contributed by atoms with Crippen molar-refractivity contribution in [3.8, 4) is 0 Å². The smallest absolute Gasteiger partial charge is 0.264 e. The first kappa shape index (κ1) is 4.33. The summed E-state index contributed by atoms with van der Waals surface area (Å²) in [5.41, 5.74) is 9.39. The SMILES string of the molecule is [B]N=C(N)N. The van der Waals surface area contributed by atoms with E-state index in [4.69, 9.17) is 11.5 Å². The maximum absolute atomic E-state index is 4.69. The Morgan fingerprint density at radius 3 is 1.80 bits per heavy atom. The average Bonchev–Trinajstić information content (AvgIpc) is 1.38. The third kappa shape index (κ3) is 3.33. The van der Waals surface area contributed by atoms with Crippen LogP contribution in [0.15, 0.2) is 4.90 Å². The lowest BCUT2D eigenvalue weighted by Crippen LogP contribution is -2.22. The Morgan fingerprint density at radius 1 is 1.60 bits per heavy atom. The van der Waals surface area contributed by atoms with Gasteiger partial charge in [-0.3, -0.25) is 0 Å². The zero-order chi connectivity index (χ0) is 4.28. The van der Waals surface area contributed by atoms with Crippen LogP contribution in [-0.2, 0) is 0 Å². The van der Waals surface area contributed by atoms with Crippen LogP contribution in [0.1, 0.15) is 0 Å².